The molecule has 0 aromatic rings. The van der Waals surface area contributed by atoms with E-state index in [0.717, 1.165) is 12.8 Å². The van der Waals surface area contributed by atoms with Crippen LogP contribution in [-0.4, -0.2) is 46.6 Å². The van der Waals surface area contributed by atoms with E-state index in [4.69, 9.17) is 5.11 Å². The molecule has 0 radical (unpaired) electrons. The Balaban J connectivity index is 2.48. The third-order valence-corrected chi connectivity index (χ3v) is 3.46. The predicted molar refractivity (Wildman–Crippen MR) is 64.7 cm³/mol. The Morgan fingerprint density at radius 3 is 2.35 bits per heavy atom. The standard InChI is InChI=1S/C12H22N2O3/c1-4-12(3,11(16)17)13-8-10(15)14(5-2)9-6-7-9/h9,13H,4-8H2,1-3H3,(H,16,17). The van der Waals surface area contributed by atoms with Crippen molar-refractivity contribution in [1.82, 2.24) is 10.2 Å². The largest absolute Gasteiger partial charge is 0.480 e. The van der Waals surface area contributed by atoms with E-state index >= 15 is 0 Å². The van der Waals surface area contributed by atoms with Gasteiger partial charge in [-0.2, -0.15) is 0 Å². The molecule has 2 N–H and O–H groups in total. The molecule has 1 atom stereocenters. The highest BCUT2D eigenvalue weighted by atomic mass is 16.4. The van der Waals surface area contributed by atoms with E-state index in [-0.39, 0.29) is 12.5 Å². The number of rotatable bonds is 7. The molecule has 0 aromatic carbocycles. The third kappa shape index (κ3) is 3.43. The van der Waals surface area contributed by atoms with Crippen molar-refractivity contribution in [2.24, 2.45) is 0 Å². The van der Waals surface area contributed by atoms with Crippen LogP contribution in [0.3, 0.4) is 0 Å². The van der Waals surface area contributed by atoms with Gasteiger partial charge in [0, 0.05) is 12.6 Å². The van der Waals surface area contributed by atoms with Crippen molar-refractivity contribution in [3.63, 3.8) is 0 Å². The minimum atomic E-state index is -1.02. The number of nitrogens with zero attached hydrogens (tertiary/aromatic N) is 1. The molecule has 0 aromatic heterocycles. The number of carbonyl (C=O) groups is 2. The SMILES string of the molecule is CCN(C(=O)CNC(C)(CC)C(=O)O)C1CC1. The van der Waals surface area contributed by atoms with Gasteiger partial charge in [-0.05, 0) is 33.1 Å². The number of carboxylic acids is 1. The molecule has 0 bridgehead atoms. The van der Waals surface area contributed by atoms with E-state index < -0.39 is 11.5 Å². The van der Waals surface area contributed by atoms with Gasteiger partial charge in [0.1, 0.15) is 5.54 Å². The van der Waals surface area contributed by atoms with Crippen LogP contribution in [0.15, 0.2) is 0 Å². The molecule has 1 amide bonds. The van der Waals surface area contributed by atoms with E-state index in [1.54, 1.807) is 13.8 Å². The molecule has 5 nitrogen and oxygen atoms in total. The first-order valence-electron chi connectivity index (χ1n) is 6.22. The minimum absolute atomic E-state index is 0.00377. The van der Waals surface area contributed by atoms with Gasteiger partial charge in [0.15, 0.2) is 0 Å². The second kappa shape index (κ2) is 5.49. The van der Waals surface area contributed by atoms with Crippen LogP contribution in [0, 0.1) is 0 Å². The van der Waals surface area contributed by atoms with Crippen LogP contribution >= 0.6 is 0 Å². The van der Waals surface area contributed by atoms with Crippen LogP contribution in [-0.2, 0) is 9.59 Å². The summed E-state index contributed by atoms with van der Waals surface area (Å²) in [7, 11) is 0. The van der Waals surface area contributed by atoms with Crippen molar-refractivity contribution in [2.75, 3.05) is 13.1 Å². The molecule has 1 aliphatic carbocycles. The van der Waals surface area contributed by atoms with Crippen LogP contribution in [0.1, 0.15) is 40.0 Å². The molecule has 1 saturated carbocycles. The zero-order chi connectivity index (χ0) is 13.1. The number of carbonyl (C=O) groups excluding carboxylic acids is 1. The first kappa shape index (κ1) is 14.0. The second-order valence-electron chi connectivity index (χ2n) is 4.76. The number of nitrogens with one attached hydrogen (secondary N) is 1. The molecule has 0 heterocycles. The minimum Gasteiger partial charge on any atom is -0.480 e. The number of amides is 1. The number of aliphatic carboxylic acids is 1. The molecule has 1 rings (SSSR count). The lowest BCUT2D eigenvalue weighted by molar-refractivity contribution is -0.144. The van der Waals surface area contributed by atoms with E-state index in [1.807, 2.05) is 11.8 Å². The highest BCUT2D eigenvalue weighted by Crippen LogP contribution is 2.26. The molecule has 1 unspecified atom stereocenters. The average molecular weight is 242 g/mol. The van der Waals surface area contributed by atoms with Crippen LogP contribution in [0.4, 0.5) is 0 Å². The average Bonchev–Trinajstić information content (AvgIpc) is 3.11. The summed E-state index contributed by atoms with van der Waals surface area (Å²) in [5, 5.41) is 11.9. The summed E-state index contributed by atoms with van der Waals surface area (Å²) < 4.78 is 0. The summed E-state index contributed by atoms with van der Waals surface area (Å²) >= 11 is 0. The monoisotopic (exact) mass is 242 g/mol. The molecule has 5 heteroatoms. The Labute approximate surface area is 102 Å². The van der Waals surface area contributed by atoms with Crippen LogP contribution in [0.25, 0.3) is 0 Å². The van der Waals surface area contributed by atoms with Gasteiger partial charge < -0.3 is 10.0 Å². The number of hydrogen-bond acceptors (Lipinski definition) is 3. The van der Waals surface area contributed by atoms with Crippen molar-refractivity contribution < 1.29 is 14.7 Å². The Kier molecular flexibility index (Phi) is 4.51. The normalized spacial score (nSPS) is 18.5. The Morgan fingerprint density at radius 2 is 2.00 bits per heavy atom. The highest BCUT2D eigenvalue weighted by Gasteiger charge is 2.34. The van der Waals surface area contributed by atoms with Crippen molar-refractivity contribution in [1.29, 1.82) is 0 Å². The Morgan fingerprint density at radius 1 is 1.41 bits per heavy atom. The summed E-state index contributed by atoms with van der Waals surface area (Å²) in [6, 6.07) is 0.381. The van der Waals surface area contributed by atoms with Gasteiger partial charge in [0.25, 0.3) is 0 Å². The fourth-order valence-electron chi connectivity index (χ4n) is 1.75. The molecule has 0 spiro atoms. The van der Waals surface area contributed by atoms with Crippen LogP contribution in [0.2, 0.25) is 0 Å². The molecular formula is C12H22N2O3. The van der Waals surface area contributed by atoms with Gasteiger partial charge in [-0.15, -0.1) is 0 Å². The molecule has 17 heavy (non-hydrogen) atoms. The molecular weight excluding hydrogens is 220 g/mol. The summed E-state index contributed by atoms with van der Waals surface area (Å²) in [4.78, 5) is 24.8. The summed E-state index contributed by atoms with van der Waals surface area (Å²) in [6.07, 6.45) is 2.60. The third-order valence-electron chi connectivity index (χ3n) is 3.46. The highest BCUT2D eigenvalue weighted by molar-refractivity contribution is 5.82. The van der Waals surface area contributed by atoms with E-state index in [0.29, 0.717) is 19.0 Å². The summed E-state index contributed by atoms with van der Waals surface area (Å²) in [5.74, 6) is -0.918. The molecule has 98 valence electrons. The quantitative estimate of drug-likeness (QED) is 0.694. The van der Waals surface area contributed by atoms with Gasteiger partial charge in [-0.3, -0.25) is 14.9 Å². The fraction of sp³-hybridized carbons (Fsp3) is 0.833. The van der Waals surface area contributed by atoms with Gasteiger partial charge >= 0.3 is 5.97 Å². The van der Waals surface area contributed by atoms with Crippen molar-refractivity contribution in [2.45, 2.75) is 51.6 Å². The first-order valence-corrected chi connectivity index (χ1v) is 6.22. The van der Waals surface area contributed by atoms with Crippen molar-refractivity contribution in [3.8, 4) is 0 Å². The van der Waals surface area contributed by atoms with E-state index in [1.165, 1.54) is 0 Å². The van der Waals surface area contributed by atoms with Crippen molar-refractivity contribution in [3.05, 3.63) is 0 Å². The number of hydrogen-bond donors (Lipinski definition) is 2. The Bertz CT molecular complexity index is 302. The Hall–Kier alpha value is -1.10. The summed E-state index contributed by atoms with van der Waals surface area (Å²) in [5.41, 5.74) is -1.02. The molecule has 0 aliphatic heterocycles. The van der Waals surface area contributed by atoms with Crippen LogP contribution < -0.4 is 5.32 Å². The maximum absolute atomic E-state index is 11.9. The molecule has 1 aliphatic rings. The van der Waals surface area contributed by atoms with E-state index in [2.05, 4.69) is 5.32 Å². The first-order chi connectivity index (χ1) is 7.94. The zero-order valence-corrected chi connectivity index (χ0v) is 10.8. The molecule has 1 fully saturated rings. The topological polar surface area (TPSA) is 69.6 Å². The lowest BCUT2D eigenvalue weighted by Gasteiger charge is -2.27. The maximum Gasteiger partial charge on any atom is 0.323 e. The fourth-order valence-corrected chi connectivity index (χ4v) is 1.75. The van der Waals surface area contributed by atoms with Gasteiger partial charge in [-0.25, -0.2) is 0 Å². The maximum atomic E-state index is 11.9. The van der Waals surface area contributed by atoms with E-state index in [9.17, 15) is 9.59 Å². The predicted octanol–water partition coefficient (Wildman–Crippen LogP) is 0.840. The number of carboxylic acid groups (broad SMARTS) is 1. The smallest absolute Gasteiger partial charge is 0.323 e. The van der Waals surface area contributed by atoms with Crippen LogP contribution in [0.5, 0.6) is 0 Å². The number of likely N-dealkylation sites (N-methyl/N-ethyl adjacent to an activating group) is 1. The summed E-state index contributed by atoms with van der Waals surface area (Å²) in [6.45, 7) is 6.15. The van der Waals surface area contributed by atoms with Gasteiger partial charge in [0.2, 0.25) is 5.91 Å². The van der Waals surface area contributed by atoms with Crippen molar-refractivity contribution >= 4 is 11.9 Å². The second-order valence-corrected chi connectivity index (χ2v) is 4.76. The lowest BCUT2D eigenvalue weighted by atomic mass is 9.99. The zero-order valence-electron chi connectivity index (χ0n) is 10.8. The van der Waals surface area contributed by atoms with Gasteiger partial charge in [0.05, 0.1) is 6.54 Å². The molecule has 0 saturated heterocycles. The lowest BCUT2D eigenvalue weighted by Crippen LogP contribution is -2.53. The van der Waals surface area contributed by atoms with Gasteiger partial charge in [-0.1, -0.05) is 6.92 Å².